The van der Waals surface area contributed by atoms with E-state index in [1.807, 2.05) is 49.4 Å². The molecule has 130 valence electrons. The lowest BCUT2D eigenvalue weighted by Crippen LogP contribution is -2.08. The van der Waals surface area contributed by atoms with Crippen LogP contribution in [0.5, 0.6) is 5.75 Å². The first-order valence-corrected chi connectivity index (χ1v) is 8.24. The Morgan fingerprint density at radius 1 is 1.12 bits per heavy atom. The van der Waals surface area contributed by atoms with Crippen LogP contribution in [0.2, 0.25) is 0 Å². The Bertz CT molecular complexity index is 867. The lowest BCUT2D eigenvalue weighted by Gasteiger charge is -2.14. The molecule has 3 aromatic rings. The van der Waals surface area contributed by atoms with E-state index in [1.54, 1.807) is 7.11 Å². The van der Waals surface area contributed by atoms with Gasteiger partial charge in [0.05, 0.1) is 18.3 Å². The highest BCUT2D eigenvalue weighted by Crippen LogP contribution is 2.29. The van der Waals surface area contributed by atoms with Crippen molar-refractivity contribution in [1.82, 2.24) is 9.97 Å². The maximum Gasteiger partial charge on any atom is 0.229 e. The van der Waals surface area contributed by atoms with Crippen molar-refractivity contribution in [2.24, 2.45) is 0 Å². The Labute approximate surface area is 146 Å². The third-order valence-corrected chi connectivity index (χ3v) is 3.83. The van der Waals surface area contributed by atoms with E-state index in [0.717, 1.165) is 33.7 Å². The number of aliphatic hydroxyl groups is 1. The van der Waals surface area contributed by atoms with Crippen molar-refractivity contribution in [3.05, 3.63) is 48.0 Å². The molecule has 0 radical (unpaired) electrons. The van der Waals surface area contributed by atoms with E-state index in [-0.39, 0.29) is 6.61 Å². The molecule has 0 aliphatic carbocycles. The van der Waals surface area contributed by atoms with Crippen molar-refractivity contribution >= 4 is 28.4 Å². The van der Waals surface area contributed by atoms with Gasteiger partial charge in [-0.05, 0) is 43.2 Å². The zero-order valence-corrected chi connectivity index (χ0v) is 14.4. The number of hydrogen-bond donors (Lipinski definition) is 3. The predicted octanol–water partition coefficient (Wildman–Crippen LogP) is 3.48. The van der Waals surface area contributed by atoms with Crippen LogP contribution in [-0.2, 0) is 0 Å². The first-order chi connectivity index (χ1) is 12.2. The topological polar surface area (TPSA) is 79.3 Å². The molecule has 2 aromatic carbocycles. The summed E-state index contributed by atoms with van der Waals surface area (Å²) in [5, 5.41) is 16.5. The average Bonchev–Trinajstić information content (AvgIpc) is 2.62. The number of aromatic nitrogens is 2. The fraction of sp³-hybridized carbons (Fsp3) is 0.263. The maximum absolute atomic E-state index is 8.99. The van der Waals surface area contributed by atoms with Gasteiger partial charge in [-0.25, -0.2) is 4.98 Å². The van der Waals surface area contributed by atoms with Crippen molar-refractivity contribution in [3.63, 3.8) is 0 Å². The van der Waals surface area contributed by atoms with Crippen LogP contribution in [0.25, 0.3) is 10.9 Å². The van der Waals surface area contributed by atoms with Crippen molar-refractivity contribution < 1.29 is 9.84 Å². The molecule has 1 heterocycles. The highest BCUT2D eigenvalue weighted by atomic mass is 16.5. The third kappa shape index (κ3) is 3.97. The first kappa shape index (κ1) is 17.0. The van der Waals surface area contributed by atoms with E-state index in [9.17, 15) is 0 Å². The molecule has 25 heavy (non-hydrogen) atoms. The van der Waals surface area contributed by atoms with Crippen LogP contribution in [-0.4, -0.2) is 35.3 Å². The Morgan fingerprint density at radius 2 is 1.96 bits per heavy atom. The molecule has 0 unspecified atom stereocenters. The Balaban J connectivity index is 1.97. The number of anilines is 3. The number of nitrogens with one attached hydrogen (secondary N) is 2. The lowest BCUT2D eigenvalue weighted by atomic mass is 10.2. The maximum atomic E-state index is 8.99. The number of ether oxygens (including phenoxy) is 1. The number of hydrogen-bond acceptors (Lipinski definition) is 6. The van der Waals surface area contributed by atoms with Gasteiger partial charge in [0.25, 0.3) is 0 Å². The van der Waals surface area contributed by atoms with Crippen LogP contribution < -0.4 is 15.4 Å². The number of methoxy groups -OCH3 is 1. The quantitative estimate of drug-likeness (QED) is 0.572. The molecular weight excluding hydrogens is 316 g/mol. The molecular formula is C19H22N4O2. The second-order valence-corrected chi connectivity index (χ2v) is 5.75. The van der Waals surface area contributed by atoms with Gasteiger partial charge in [0.15, 0.2) is 0 Å². The largest absolute Gasteiger partial charge is 0.495 e. The van der Waals surface area contributed by atoms with Crippen molar-refractivity contribution in [2.75, 3.05) is 30.9 Å². The minimum Gasteiger partial charge on any atom is -0.495 e. The molecule has 0 fully saturated rings. The van der Waals surface area contributed by atoms with Gasteiger partial charge in [0.2, 0.25) is 5.95 Å². The van der Waals surface area contributed by atoms with Crippen molar-refractivity contribution in [2.45, 2.75) is 13.3 Å². The normalized spacial score (nSPS) is 10.7. The van der Waals surface area contributed by atoms with Gasteiger partial charge in [-0.1, -0.05) is 18.2 Å². The molecule has 0 bridgehead atoms. The van der Waals surface area contributed by atoms with Gasteiger partial charge >= 0.3 is 0 Å². The van der Waals surface area contributed by atoms with Gasteiger partial charge in [0.1, 0.15) is 11.6 Å². The van der Waals surface area contributed by atoms with E-state index in [1.165, 1.54) is 0 Å². The number of fused-ring (bicyclic) bond motifs is 1. The standard InChI is InChI=1S/C19H22N4O2/c1-13-8-9-17(25-2)16(12-13)22-19-21-15-7-4-3-6-14(15)18(23-19)20-10-5-11-24/h3-4,6-9,12,24H,5,10-11H2,1-2H3,(H2,20,21,22,23). The molecule has 3 rings (SSSR count). The van der Waals surface area contributed by atoms with Crippen molar-refractivity contribution in [3.8, 4) is 5.75 Å². The van der Waals surface area contributed by atoms with Crippen molar-refractivity contribution in [1.29, 1.82) is 0 Å². The Morgan fingerprint density at radius 3 is 2.76 bits per heavy atom. The van der Waals surface area contributed by atoms with Crippen LogP contribution >= 0.6 is 0 Å². The van der Waals surface area contributed by atoms with E-state index < -0.39 is 0 Å². The number of nitrogens with zero attached hydrogens (tertiary/aromatic N) is 2. The van der Waals surface area contributed by atoms with Gasteiger partial charge < -0.3 is 20.5 Å². The first-order valence-electron chi connectivity index (χ1n) is 8.24. The van der Waals surface area contributed by atoms with E-state index in [0.29, 0.717) is 18.9 Å². The highest BCUT2D eigenvalue weighted by Gasteiger charge is 2.10. The minimum atomic E-state index is 0.140. The molecule has 0 spiro atoms. The molecule has 0 atom stereocenters. The fourth-order valence-corrected chi connectivity index (χ4v) is 2.59. The lowest BCUT2D eigenvalue weighted by molar-refractivity contribution is 0.292. The molecule has 6 heteroatoms. The summed E-state index contributed by atoms with van der Waals surface area (Å²) in [7, 11) is 1.64. The van der Waals surface area contributed by atoms with Gasteiger partial charge in [-0.15, -0.1) is 0 Å². The molecule has 0 aliphatic heterocycles. The molecule has 0 amide bonds. The molecule has 6 nitrogen and oxygen atoms in total. The third-order valence-electron chi connectivity index (χ3n) is 3.83. The predicted molar refractivity (Wildman–Crippen MR) is 101 cm³/mol. The summed E-state index contributed by atoms with van der Waals surface area (Å²) in [5.74, 6) is 1.97. The van der Waals surface area contributed by atoms with Gasteiger partial charge in [-0.2, -0.15) is 4.98 Å². The summed E-state index contributed by atoms with van der Waals surface area (Å²) < 4.78 is 5.41. The molecule has 0 saturated heterocycles. The second kappa shape index (κ2) is 7.81. The van der Waals surface area contributed by atoms with Crippen LogP contribution in [0.3, 0.4) is 0 Å². The van der Waals surface area contributed by atoms with Crippen LogP contribution in [0, 0.1) is 6.92 Å². The van der Waals surface area contributed by atoms with E-state index in [2.05, 4.69) is 20.6 Å². The zero-order valence-electron chi connectivity index (χ0n) is 14.4. The van der Waals surface area contributed by atoms with Gasteiger partial charge in [-0.3, -0.25) is 0 Å². The Kier molecular flexibility index (Phi) is 5.30. The highest BCUT2D eigenvalue weighted by molar-refractivity contribution is 5.90. The fourth-order valence-electron chi connectivity index (χ4n) is 2.59. The summed E-state index contributed by atoms with van der Waals surface area (Å²) in [6, 6.07) is 13.7. The average molecular weight is 338 g/mol. The SMILES string of the molecule is COc1ccc(C)cc1Nc1nc(NCCCO)c2ccccc2n1. The summed E-state index contributed by atoms with van der Waals surface area (Å²) in [4.78, 5) is 9.20. The van der Waals surface area contributed by atoms with Crippen LogP contribution in [0.4, 0.5) is 17.5 Å². The number of benzene rings is 2. The summed E-state index contributed by atoms with van der Waals surface area (Å²) >= 11 is 0. The zero-order chi connectivity index (χ0) is 17.6. The van der Waals surface area contributed by atoms with Crippen LogP contribution in [0.1, 0.15) is 12.0 Å². The summed E-state index contributed by atoms with van der Waals surface area (Å²) in [6.45, 7) is 2.81. The van der Waals surface area contributed by atoms with E-state index >= 15 is 0 Å². The molecule has 3 N–H and O–H groups in total. The smallest absolute Gasteiger partial charge is 0.229 e. The number of aryl methyl sites for hydroxylation is 1. The number of para-hydroxylation sites is 1. The van der Waals surface area contributed by atoms with Gasteiger partial charge in [0, 0.05) is 18.5 Å². The minimum absolute atomic E-state index is 0.140. The summed E-state index contributed by atoms with van der Waals surface area (Å²) in [6.07, 6.45) is 0.660. The number of rotatable bonds is 7. The number of aliphatic hydroxyl groups excluding tert-OH is 1. The van der Waals surface area contributed by atoms with E-state index in [4.69, 9.17) is 9.84 Å². The Hall–Kier alpha value is -2.86. The monoisotopic (exact) mass is 338 g/mol. The molecule has 1 aromatic heterocycles. The summed E-state index contributed by atoms with van der Waals surface area (Å²) in [5.41, 5.74) is 2.78. The van der Waals surface area contributed by atoms with Crippen LogP contribution in [0.15, 0.2) is 42.5 Å². The molecule has 0 aliphatic rings. The second-order valence-electron chi connectivity index (χ2n) is 5.75. The molecule has 0 saturated carbocycles.